The largest absolute Gasteiger partial charge is 0.333 e. The van der Waals surface area contributed by atoms with Gasteiger partial charge in [0.15, 0.2) is 0 Å². The molecule has 1 atom stereocenters. The van der Waals surface area contributed by atoms with Gasteiger partial charge in [0.1, 0.15) is 6.29 Å². The Kier molecular flexibility index (Phi) is 8.76. The van der Waals surface area contributed by atoms with Gasteiger partial charge in [-0.3, -0.25) is 4.79 Å². The first-order valence-electron chi connectivity index (χ1n) is 11.3. The van der Waals surface area contributed by atoms with E-state index in [0.29, 0.717) is 11.5 Å². The summed E-state index contributed by atoms with van der Waals surface area (Å²) in [5.74, 6) is 0.637. The third kappa shape index (κ3) is 5.92. The molecule has 0 bridgehead atoms. The van der Waals surface area contributed by atoms with Crippen molar-refractivity contribution >= 4 is 12.2 Å². The van der Waals surface area contributed by atoms with Crippen LogP contribution in [0.1, 0.15) is 58.3 Å². The number of fused-ring (bicyclic) bond motifs is 1. The van der Waals surface area contributed by atoms with Crippen LogP contribution in [0.4, 0.5) is 0 Å². The summed E-state index contributed by atoms with van der Waals surface area (Å²) in [7, 11) is 1.50. The van der Waals surface area contributed by atoms with Gasteiger partial charge in [0.05, 0.1) is 12.6 Å². The Morgan fingerprint density at radius 3 is 2.06 bits per heavy atom. The molecule has 0 radical (unpaired) electrons. The van der Waals surface area contributed by atoms with Crippen molar-refractivity contribution in [2.24, 2.45) is 5.73 Å². The van der Waals surface area contributed by atoms with E-state index in [1.54, 1.807) is 4.90 Å². The monoisotopic (exact) mass is 428 g/mol. The van der Waals surface area contributed by atoms with Crippen LogP contribution in [0.15, 0.2) is 84.9 Å². The maximum atomic E-state index is 12.9. The van der Waals surface area contributed by atoms with E-state index in [1.807, 2.05) is 66.7 Å². The fourth-order valence-electron chi connectivity index (χ4n) is 4.16. The fourth-order valence-corrected chi connectivity index (χ4v) is 4.16. The summed E-state index contributed by atoms with van der Waals surface area (Å²) >= 11 is 0. The molecule has 1 unspecified atom stereocenters. The Morgan fingerprint density at radius 2 is 1.50 bits per heavy atom. The molecule has 3 aromatic carbocycles. The molecule has 1 amide bonds. The molecule has 5 rings (SSSR count). The zero-order chi connectivity index (χ0) is 22.8. The first-order valence-corrected chi connectivity index (χ1v) is 11.3. The minimum absolute atomic E-state index is 0.0107. The highest BCUT2D eigenvalue weighted by Gasteiger charge is 2.33. The summed E-state index contributed by atoms with van der Waals surface area (Å²) in [5, 5.41) is 0. The van der Waals surface area contributed by atoms with Crippen LogP contribution in [0, 0.1) is 0 Å². The standard InChI is InChI=1S/C21H21NO2.C6H6.CH5N/c23-13-12-22(21(24)17-4-2-1-3-5-17)20-11-10-16-8-9-18(14-19(16)20)15-6-7-15;1-2-4-6-5-3-1;1-2/h1-5,8-9,13-15,20H,6-7,10-12H2;1-6H;2H2,1H3. The van der Waals surface area contributed by atoms with Crippen molar-refractivity contribution in [2.45, 2.75) is 37.6 Å². The van der Waals surface area contributed by atoms with E-state index in [1.165, 1.54) is 36.6 Å². The number of benzene rings is 3. The van der Waals surface area contributed by atoms with Gasteiger partial charge >= 0.3 is 0 Å². The van der Waals surface area contributed by atoms with E-state index in [2.05, 4.69) is 23.9 Å². The first-order chi connectivity index (χ1) is 15.8. The molecule has 3 aromatic rings. The number of rotatable bonds is 5. The van der Waals surface area contributed by atoms with E-state index >= 15 is 0 Å². The molecule has 0 spiro atoms. The average molecular weight is 429 g/mol. The number of aryl methyl sites for hydroxylation is 1. The number of nitrogens with zero attached hydrogens (tertiary/aromatic N) is 1. The van der Waals surface area contributed by atoms with Crippen molar-refractivity contribution in [2.75, 3.05) is 13.6 Å². The highest BCUT2D eigenvalue weighted by Crippen LogP contribution is 2.44. The van der Waals surface area contributed by atoms with Crippen molar-refractivity contribution < 1.29 is 9.59 Å². The zero-order valence-electron chi connectivity index (χ0n) is 18.7. The minimum atomic E-state index is -0.0580. The van der Waals surface area contributed by atoms with Crippen LogP contribution in [-0.2, 0) is 11.2 Å². The van der Waals surface area contributed by atoms with Crippen molar-refractivity contribution in [1.82, 2.24) is 4.90 Å². The van der Waals surface area contributed by atoms with Crippen molar-refractivity contribution in [3.63, 3.8) is 0 Å². The van der Waals surface area contributed by atoms with E-state index in [-0.39, 0.29) is 18.5 Å². The molecule has 2 aliphatic rings. The van der Waals surface area contributed by atoms with Gasteiger partial charge in [-0.15, -0.1) is 0 Å². The molecule has 2 N–H and O–H groups in total. The van der Waals surface area contributed by atoms with Gasteiger partial charge in [0, 0.05) is 5.56 Å². The number of amides is 1. The summed E-state index contributed by atoms with van der Waals surface area (Å²) in [6.07, 6.45) is 5.25. The van der Waals surface area contributed by atoms with Gasteiger partial charge in [-0.05, 0) is 67.5 Å². The summed E-state index contributed by atoms with van der Waals surface area (Å²) in [4.78, 5) is 25.9. The highest BCUT2D eigenvalue weighted by atomic mass is 16.2. The number of carbonyl (C=O) groups is 2. The van der Waals surface area contributed by atoms with E-state index < -0.39 is 0 Å². The number of aldehydes is 1. The molecule has 0 heterocycles. The molecular formula is C28H32N2O2. The Balaban J connectivity index is 0.000000309. The second-order valence-electron chi connectivity index (χ2n) is 7.93. The molecule has 2 aliphatic carbocycles. The smallest absolute Gasteiger partial charge is 0.254 e. The molecule has 1 saturated carbocycles. The lowest BCUT2D eigenvalue weighted by Gasteiger charge is -2.28. The van der Waals surface area contributed by atoms with Crippen LogP contribution >= 0.6 is 0 Å². The Labute approximate surface area is 191 Å². The van der Waals surface area contributed by atoms with Gasteiger partial charge in [0.25, 0.3) is 5.91 Å². The lowest BCUT2D eigenvalue weighted by molar-refractivity contribution is -0.108. The molecule has 32 heavy (non-hydrogen) atoms. The molecule has 0 aliphatic heterocycles. The number of hydrogen-bond acceptors (Lipinski definition) is 3. The Bertz CT molecular complexity index is 958. The predicted molar refractivity (Wildman–Crippen MR) is 130 cm³/mol. The topological polar surface area (TPSA) is 63.4 Å². The molecule has 166 valence electrons. The molecule has 0 saturated heterocycles. The summed E-state index contributed by atoms with van der Waals surface area (Å²) in [5.41, 5.74) is 9.09. The van der Waals surface area contributed by atoms with Crippen LogP contribution in [0.3, 0.4) is 0 Å². The summed E-state index contributed by atoms with van der Waals surface area (Å²) in [6, 6.07) is 28.0. The van der Waals surface area contributed by atoms with Crippen LogP contribution in [-0.4, -0.2) is 30.7 Å². The molecule has 1 fully saturated rings. The predicted octanol–water partition coefficient (Wildman–Crippen LogP) is 5.15. The summed E-state index contributed by atoms with van der Waals surface area (Å²) in [6.45, 7) is 0.144. The maximum absolute atomic E-state index is 12.9. The third-order valence-corrected chi connectivity index (χ3v) is 5.86. The number of nitrogens with two attached hydrogens (primary N) is 1. The average Bonchev–Trinajstić information content (AvgIpc) is 3.65. The lowest BCUT2D eigenvalue weighted by atomic mass is 10.0. The van der Waals surface area contributed by atoms with Gasteiger partial charge in [0.2, 0.25) is 0 Å². The quantitative estimate of drug-likeness (QED) is 0.571. The van der Waals surface area contributed by atoms with Crippen molar-refractivity contribution in [3.8, 4) is 0 Å². The number of carbonyl (C=O) groups excluding carboxylic acids is 2. The third-order valence-electron chi connectivity index (χ3n) is 5.86. The SMILES string of the molecule is CN.O=CCN(C(=O)c1ccccc1)C1CCc2ccc(C3CC3)cc21.c1ccccc1. The highest BCUT2D eigenvalue weighted by molar-refractivity contribution is 5.95. The maximum Gasteiger partial charge on any atom is 0.254 e. The second kappa shape index (κ2) is 12.0. The van der Waals surface area contributed by atoms with Gasteiger partial charge < -0.3 is 15.4 Å². The normalized spacial score (nSPS) is 15.9. The minimum Gasteiger partial charge on any atom is -0.333 e. The molecular weight excluding hydrogens is 396 g/mol. The Hall–Kier alpha value is -3.24. The Morgan fingerprint density at radius 1 is 0.906 bits per heavy atom. The fraction of sp³-hybridized carbons (Fsp3) is 0.286. The second-order valence-corrected chi connectivity index (χ2v) is 7.93. The van der Waals surface area contributed by atoms with E-state index in [9.17, 15) is 9.59 Å². The van der Waals surface area contributed by atoms with Gasteiger partial charge in [-0.25, -0.2) is 0 Å². The molecule has 0 aromatic heterocycles. The molecule has 4 nitrogen and oxygen atoms in total. The van der Waals surface area contributed by atoms with Crippen LogP contribution < -0.4 is 5.73 Å². The van der Waals surface area contributed by atoms with Crippen LogP contribution in [0.25, 0.3) is 0 Å². The van der Waals surface area contributed by atoms with E-state index in [4.69, 9.17) is 0 Å². The first kappa shape index (κ1) is 23.4. The lowest BCUT2D eigenvalue weighted by Crippen LogP contribution is -2.35. The summed E-state index contributed by atoms with van der Waals surface area (Å²) < 4.78 is 0. The van der Waals surface area contributed by atoms with Crippen LogP contribution in [0.2, 0.25) is 0 Å². The van der Waals surface area contributed by atoms with E-state index in [0.717, 1.165) is 19.1 Å². The van der Waals surface area contributed by atoms with Gasteiger partial charge in [-0.1, -0.05) is 72.8 Å². The van der Waals surface area contributed by atoms with Crippen LogP contribution in [0.5, 0.6) is 0 Å². The van der Waals surface area contributed by atoms with Crippen molar-refractivity contribution in [1.29, 1.82) is 0 Å². The van der Waals surface area contributed by atoms with Gasteiger partial charge in [-0.2, -0.15) is 0 Å². The number of hydrogen-bond donors (Lipinski definition) is 1. The van der Waals surface area contributed by atoms with Crippen molar-refractivity contribution in [3.05, 3.63) is 107 Å². The molecule has 4 heteroatoms. The zero-order valence-corrected chi connectivity index (χ0v) is 18.7.